The van der Waals surface area contributed by atoms with Gasteiger partial charge in [-0.05, 0) is 32.6 Å². The number of rotatable bonds is 4. The van der Waals surface area contributed by atoms with Gasteiger partial charge >= 0.3 is 0 Å². The molecule has 4 heteroatoms. The minimum atomic E-state index is -0.151. The third-order valence-electron chi connectivity index (χ3n) is 3.84. The Morgan fingerprint density at radius 1 is 1.50 bits per heavy atom. The highest BCUT2D eigenvalue weighted by molar-refractivity contribution is 5.89. The number of carbonyl (C=O) groups excluding carboxylic acids is 2. The standard InChI is InChI=1S/C14H22N2O2/c1-2-16-10-12(8-13(16)17)14(18)15-9-11-6-4-3-5-7-11/h6,12H,2-5,7-10H2,1H3,(H,15,18)/t12-/m1/s1. The highest BCUT2D eigenvalue weighted by atomic mass is 16.2. The maximum atomic E-state index is 12.0. The van der Waals surface area contributed by atoms with Crippen LogP contribution in [0, 0.1) is 5.92 Å². The van der Waals surface area contributed by atoms with Crippen molar-refractivity contribution in [2.75, 3.05) is 19.6 Å². The van der Waals surface area contributed by atoms with E-state index in [4.69, 9.17) is 0 Å². The lowest BCUT2D eigenvalue weighted by Crippen LogP contribution is -2.34. The molecule has 1 heterocycles. The molecule has 0 aromatic carbocycles. The molecule has 0 spiro atoms. The van der Waals surface area contributed by atoms with E-state index in [0.717, 1.165) is 12.8 Å². The molecule has 1 aliphatic carbocycles. The summed E-state index contributed by atoms with van der Waals surface area (Å²) in [6.45, 7) is 3.90. The van der Waals surface area contributed by atoms with Gasteiger partial charge in [0.05, 0.1) is 5.92 Å². The Morgan fingerprint density at radius 3 is 2.94 bits per heavy atom. The number of hydrogen-bond acceptors (Lipinski definition) is 2. The zero-order chi connectivity index (χ0) is 13.0. The molecule has 0 aromatic rings. The van der Waals surface area contributed by atoms with Crippen molar-refractivity contribution in [3.63, 3.8) is 0 Å². The number of nitrogens with zero attached hydrogens (tertiary/aromatic N) is 1. The number of carbonyl (C=O) groups is 2. The summed E-state index contributed by atoms with van der Waals surface area (Å²) in [6, 6.07) is 0. The first-order valence-electron chi connectivity index (χ1n) is 6.94. The minimum absolute atomic E-state index is 0.0331. The van der Waals surface area contributed by atoms with Gasteiger partial charge in [-0.1, -0.05) is 11.6 Å². The van der Waals surface area contributed by atoms with Crippen molar-refractivity contribution in [3.8, 4) is 0 Å². The number of likely N-dealkylation sites (tertiary alicyclic amines) is 1. The molecule has 0 saturated carbocycles. The van der Waals surface area contributed by atoms with Crippen molar-refractivity contribution < 1.29 is 9.59 Å². The summed E-state index contributed by atoms with van der Waals surface area (Å²) in [5.74, 6) is -0.0121. The molecule has 0 aromatic heterocycles. The normalized spacial score (nSPS) is 24.1. The van der Waals surface area contributed by atoms with Gasteiger partial charge in [0.15, 0.2) is 0 Å². The fourth-order valence-electron chi connectivity index (χ4n) is 2.66. The zero-order valence-corrected chi connectivity index (χ0v) is 11.1. The Balaban J connectivity index is 1.78. The van der Waals surface area contributed by atoms with E-state index in [2.05, 4.69) is 11.4 Å². The van der Waals surface area contributed by atoms with Gasteiger partial charge in [-0.2, -0.15) is 0 Å². The van der Waals surface area contributed by atoms with E-state index in [1.807, 2.05) is 6.92 Å². The van der Waals surface area contributed by atoms with Crippen LogP contribution in [0.25, 0.3) is 0 Å². The molecule has 1 N–H and O–H groups in total. The van der Waals surface area contributed by atoms with Gasteiger partial charge in [-0.3, -0.25) is 9.59 Å². The van der Waals surface area contributed by atoms with Crippen molar-refractivity contribution in [1.29, 1.82) is 0 Å². The summed E-state index contributed by atoms with van der Waals surface area (Å²) in [7, 11) is 0. The molecule has 1 saturated heterocycles. The fraction of sp³-hybridized carbons (Fsp3) is 0.714. The van der Waals surface area contributed by atoms with Crippen LogP contribution >= 0.6 is 0 Å². The van der Waals surface area contributed by atoms with E-state index in [-0.39, 0.29) is 17.7 Å². The van der Waals surface area contributed by atoms with Gasteiger partial charge in [0, 0.05) is 26.1 Å². The second kappa shape index (κ2) is 6.03. The van der Waals surface area contributed by atoms with Crippen molar-refractivity contribution in [3.05, 3.63) is 11.6 Å². The first-order valence-corrected chi connectivity index (χ1v) is 6.94. The van der Waals surface area contributed by atoms with Crippen LogP contribution in [0.3, 0.4) is 0 Å². The second-order valence-corrected chi connectivity index (χ2v) is 5.16. The molecule has 2 rings (SSSR count). The number of hydrogen-bond donors (Lipinski definition) is 1. The topological polar surface area (TPSA) is 49.4 Å². The van der Waals surface area contributed by atoms with Gasteiger partial charge in [-0.25, -0.2) is 0 Å². The number of nitrogens with one attached hydrogen (secondary N) is 1. The first kappa shape index (κ1) is 13.1. The Kier molecular flexibility index (Phi) is 4.39. The van der Waals surface area contributed by atoms with Gasteiger partial charge in [0.25, 0.3) is 0 Å². The molecular formula is C14H22N2O2. The molecule has 1 atom stereocenters. The van der Waals surface area contributed by atoms with E-state index >= 15 is 0 Å². The molecule has 1 fully saturated rings. The molecule has 2 amide bonds. The van der Waals surface area contributed by atoms with Crippen LogP contribution < -0.4 is 5.32 Å². The Bertz CT molecular complexity index is 363. The van der Waals surface area contributed by atoms with Gasteiger partial charge in [-0.15, -0.1) is 0 Å². The van der Waals surface area contributed by atoms with Crippen molar-refractivity contribution in [2.24, 2.45) is 5.92 Å². The van der Waals surface area contributed by atoms with E-state index in [0.29, 0.717) is 26.1 Å². The SMILES string of the molecule is CCN1C[C@H](C(=O)NCC2=CCCCC2)CC1=O. The Morgan fingerprint density at radius 2 is 2.33 bits per heavy atom. The van der Waals surface area contributed by atoms with Crippen LogP contribution in [0.1, 0.15) is 39.0 Å². The largest absolute Gasteiger partial charge is 0.352 e. The minimum Gasteiger partial charge on any atom is -0.352 e. The average Bonchev–Trinajstić information content (AvgIpc) is 2.78. The van der Waals surface area contributed by atoms with Crippen molar-refractivity contribution >= 4 is 11.8 Å². The quantitative estimate of drug-likeness (QED) is 0.768. The monoisotopic (exact) mass is 250 g/mol. The molecular weight excluding hydrogens is 228 g/mol. The van der Waals surface area contributed by atoms with Crippen molar-refractivity contribution in [2.45, 2.75) is 39.0 Å². The molecule has 0 radical (unpaired) electrons. The second-order valence-electron chi connectivity index (χ2n) is 5.16. The number of allylic oxidation sites excluding steroid dienone is 1. The highest BCUT2D eigenvalue weighted by Crippen LogP contribution is 2.19. The zero-order valence-electron chi connectivity index (χ0n) is 11.1. The lowest BCUT2D eigenvalue weighted by Gasteiger charge is -2.16. The third-order valence-corrected chi connectivity index (χ3v) is 3.84. The summed E-state index contributed by atoms with van der Waals surface area (Å²) >= 11 is 0. The number of amides is 2. The van der Waals surface area contributed by atoms with Crippen molar-refractivity contribution in [1.82, 2.24) is 10.2 Å². The Hall–Kier alpha value is -1.32. The van der Waals surface area contributed by atoms with Crippen LogP contribution in [0.15, 0.2) is 11.6 Å². The predicted octanol–water partition coefficient (Wildman–Crippen LogP) is 1.47. The maximum Gasteiger partial charge on any atom is 0.225 e. The summed E-state index contributed by atoms with van der Waals surface area (Å²) in [4.78, 5) is 25.3. The van der Waals surface area contributed by atoms with Crippen LogP contribution in [0.5, 0.6) is 0 Å². The Labute approximate surface area is 108 Å². The fourth-order valence-corrected chi connectivity index (χ4v) is 2.66. The molecule has 0 bridgehead atoms. The van der Waals surface area contributed by atoms with E-state index in [1.165, 1.54) is 18.4 Å². The molecule has 1 aliphatic heterocycles. The highest BCUT2D eigenvalue weighted by Gasteiger charge is 2.33. The summed E-state index contributed by atoms with van der Waals surface area (Å²) in [5, 5.41) is 2.97. The lowest BCUT2D eigenvalue weighted by atomic mass is 9.99. The van der Waals surface area contributed by atoms with E-state index in [1.54, 1.807) is 4.90 Å². The average molecular weight is 250 g/mol. The first-order chi connectivity index (χ1) is 8.70. The van der Waals surface area contributed by atoms with Crippen LogP contribution in [-0.2, 0) is 9.59 Å². The van der Waals surface area contributed by atoms with Crippen LogP contribution in [0.2, 0.25) is 0 Å². The summed E-state index contributed by atoms with van der Waals surface area (Å²) < 4.78 is 0. The van der Waals surface area contributed by atoms with E-state index in [9.17, 15) is 9.59 Å². The van der Waals surface area contributed by atoms with Crippen LogP contribution in [-0.4, -0.2) is 36.3 Å². The van der Waals surface area contributed by atoms with Gasteiger partial charge in [0.1, 0.15) is 0 Å². The smallest absolute Gasteiger partial charge is 0.225 e. The van der Waals surface area contributed by atoms with E-state index < -0.39 is 0 Å². The summed E-state index contributed by atoms with van der Waals surface area (Å²) in [5.41, 5.74) is 1.34. The molecule has 2 aliphatic rings. The lowest BCUT2D eigenvalue weighted by molar-refractivity contribution is -0.128. The molecule has 18 heavy (non-hydrogen) atoms. The van der Waals surface area contributed by atoms with Gasteiger partial charge in [0.2, 0.25) is 11.8 Å². The molecule has 100 valence electrons. The summed E-state index contributed by atoms with van der Waals surface area (Å²) in [6.07, 6.45) is 7.34. The molecule has 0 unspecified atom stereocenters. The maximum absolute atomic E-state index is 12.0. The van der Waals surface area contributed by atoms with Crippen LogP contribution in [0.4, 0.5) is 0 Å². The third kappa shape index (κ3) is 3.12. The predicted molar refractivity (Wildman–Crippen MR) is 69.9 cm³/mol. The van der Waals surface area contributed by atoms with Gasteiger partial charge < -0.3 is 10.2 Å². The molecule has 4 nitrogen and oxygen atoms in total.